The minimum absolute atomic E-state index is 0.274. The van der Waals surface area contributed by atoms with Gasteiger partial charge in [0, 0.05) is 17.8 Å². The molecule has 126 valence electrons. The fourth-order valence-electron chi connectivity index (χ4n) is 2.45. The van der Waals surface area contributed by atoms with E-state index in [0.717, 1.165) is 22.6 Å². The number of ether oxygens (including phenoxy) is 1. The molecule has 0 fully saturated rings. The van der Waals surface area contributed by atoms with Crippen molar-refractivity contribution in [3.05, 3.63) is 95.6 Å². The Morgan fingerprint density at radius 3 is 2.28 bits per heavy atom. The molecule has 0 radical (unpaired) electrons. The first-order valence-electron chi connectivity index (χ1n) is 8.04. The normalized spacial score (nSPS) is 10.2. The van der Waals surface area contributed by atoms with Crippen molar-refractivity contribution in [3.63, 3.8) is 0 Å². The first-order chi connectivity index (χ1) is 12.2. The summed E-state index contributed by atoms with van der Waals surface area (Å²) in [5.41, 5.74) is 3.32. The predicted octanol–water partition coefficient (Wildman–Crippen LogP) is 4.58. The van der Waals surface area contributed by atoms with E-state index in [9.17, 15) is 4.79 Å². The lowest BCUT2D eigenvalue weighted by atomic mass is 10.1. The van der Waals surface area contributed by atoms with Crippen molar-refractivity contribution >= 4 is 11.7 Å². The van der Waals surface area contributed by atoms with E-state index in [-0.39, 0.29) is 5.56 Å². The van der Waals surface area contributed by atoms with Gasteiger partial charge in [-0.05, 0) is 35.9 Å². The summed E-state index contributed by atoms with van der Waals surface area (Å²) >= 11 is 0. The third-order valence-electron chi connectivity index (χ3n) is 3.82. The number of carbonyl (C=O) groups is 1. The Morgan fingerprint density at radius 1 is 0.880 bits per heavy atom. The zero-order valence-corrected chi connectivity index (χ0v) is 13.7. The van der Waals surface area contributed by atoms with Gasteiger partial charge in [0.1, 0.15) is 12.4 Å². The fraction of sp³-hybridized carbons (Fsp3) is 0.0952. The van der Waals surface area contributed by atoms with Crippen molar-refractivity contribution in [1.82, 2.24) is 0 Å². The molecule has 0 aliphatic heterocycles. The van der Waals surface area contributed by atoms with Crippen molar-refractivity contribution in [3.8, 4) is 5.75 Å². The fourth-order valence-corrected chi connectivity index (χ4v) is 2.45. The third kappa shape index (κ3) is 4.61. The van der Waals surface area contributed by atoms with Crippen LogP contribution in [0.2, 0.25) is 0 Å². The maximum atomic E-state index is 10.9. The van der Waals surface area contributed by atoms with E-state index in [1.165, 1.54) is 0 Å². The van der Waals surface area contributed by atoms with Crippen molar-refractivity contribution in [2.45, 2.75) is 13.2 Å². The van der Waals surface area contributed by atoms with Crippen LogP contribution in [0, 0.1) is 0 Å². The molecule has 0 unspecified atom stereocenters. The Balaban J connectivity index is 1.63. The number of para-hydroxylation sites is 2. The molecule has 4 heteroatoms. The smallest absolute Gasteiger partial charge is 0.335 e. The van der Waals surface area contributed by atoms with E-state index in [1.54, 1.807) is 24.3 Å². The maximum Gasteiger partial charge on any atom is 0.335 e. The number of hydrogen-bond acceptors (Lipinski definition) is 3. The van der Waals surface area contributed by atoms with E-state index in [1.807, 2.05) is 54.6 Å². The Labute approximate surface area is 146 Å². The van der Waals surface area contributed by atoms with Gasteiger partial charge in [0.2, 0.25) is 0 Å². The molecule has 3 aromatic carbocycles. The van der Waals surface area contributed by atoms with Crippen molar-refractivity contribution in [2.75, 3.05) is 5.32 Å². The molecule has 0 aliphatic carbocycles. The summed E-state index contributed by atoms with van der Waals surface area (Å²) in [5, 5.41) is 12.3. The van der Waals surface area contributed by atoms with Crippen LogP contribution in [0.15, 0.2) is 78.9 Å². The first kappa shape index (κ1) is 16.6. The summed E-state index contributed by atoms with van der Waals surface area (Å²) in [6.45, 7) is 1.06. The number of benzene rings is 3. The minimum atomic E-state index is -0.926. The number of carboxylic acids is 1. The van der Waals surface area contributed by atoms with Crippen LogP contribution in [0.5, 0.6) is 5.75 Å². The molecule has 25 heavy (non-hydrogen) atoms. The highest BCUT2D eigenvalue weighted by Crippen LogP contribution is 2.21. The summed E-state index contributed by atoms with van der Waals surface area (Å²) in [7, 11) is 0. The van der Waals surface area contributed by atoms with Gasteiger partial charge >= 0.3 is 5.97 Å². The quantitative estimate of drug-likeness (QED) is 0.665. The van der Waals surface area contributed by atoms with Crippen LogP contribution in [-0.2, 0) is 13.2 Å². The first-order valence-corrected chi connectivity index (χ1v) is 8.04. The summed E-state index contributed by atoms with van der Waals surface area (Å²) in [6, 6.07) is 24.6. The van der Waals surface area contributed by atoms with Crippen molar-refractivity contribution in [1.29, 1.82) is 0 Å². The summed E-state index contributed by atoms with van der Waals surface area (Å²) < 4.78 is 5.92. The van der Waals surface area contributed by atoms with Gasteiger partial charge < -0.3 is 15.2 Å². The average molecular weight is 333 g/mol. The Morgan fingerprint density at radius 2 is 1.56 bits per heavy atom. The number of carboxylic acid groups (broad SMARTS) is 1. The second-order valence-electron chi connectivity index (χ2n) is 5.62. The second kappa shape index (κ2) is 8.02. The molecule has 0 bridgehead atoms. The molecule has 0 amide bonds. The molecule has 3 rings (SSSR count). The number of aromatic carboxylic acids is 1. The van der Waals surface area contributed by atoms with Crippen LogP contribution in [0.1, 0.15) is 21.5 Å². The van der Waals surface area contributed by atoms with Crippen LogP contribution >= 0.6 is 0 Å². The van der Waals surface area contributed by atoms with E-state index in [0.29, 0.717) is 13.2 Å². The van der Waals surface area contributed by atoms with Gasteiger partial charge in [0.25, 0.3) is 0 Å². The zero-order chi connectivity index (χ0) is 17.5. The highest BCUT2D eigenvalue weighted by Gasteiger charge is 2.05. The Kier molecular flexibility index (Phi) is 5.32. The van der Waals surface area contributed by atoms with Gasteiger partial charge in [-0.15, -0.1) is 0 Å². The molecule has 3 aromatic rings. The number of hydrogen-bond donors (Lipinski definition) is 2. The predicted molar refractivity (Wildman–Crippen MR) is 97.9 cm³/mol. The Hall–Kier alpha value is -3.27. The second-order valence-corrected chi connectivity index (χ2v) is 5.62. The van der Waals surface area contributed by atoms with Crippen LogP contribution in [-0.4, -0.2) is 11.1 Å². The molecule has 0 atom stereocenters. The molecule has 0 aromatic heterocycles. The molecule has 0 spiro atoms. The average Bonchev–Trinajstić information content (AvgIpc) is 2.66. The van der Waals surface area contributed by atoms with E-state index in [2.05, 4.69) is 5.32 Å². The molecule has 0 aliphatic rings. The zero-order valence-electron chi connectivity index (χ0n) is 13.7. The summed E-state index contributed by atoms with van der Waals surface area (Å²) in [6.07, 6.45) is 0. The molecule has 0 saturated carbocycles. The van der Waals surface area contributed by atoms with Gasteiger partial charge in [-0.2, -0.15) is 0 Å². The monoisotopic (exact) mass is 333 g/mol. The van der Waals surface area contributed by atoms with Gasteiger partial charge in [-0.3, -0.25) is 0 Å². The number of anilines is 1. The molecular formula is C21H19NO3. The van der Waals surface area contributed by atoms with Gasteiger partial charge in [-0.25, -0.2) is 4.79 Å². The maximum absolute atomic E-state index is 10.9. The lowest BCUT2D eigenvalue weighted by Crippen LogP contribution is -2.04. The molecule has 0 saturated heterocycles. The minimum Gasteiger partial charge on any atom is -0.489 e. The Bertz CT molecular complexity index is 829. The molecular weight excluding hydrogens is 314 g/mol. The summed E-state index contributed by atoms with van der Waals surface area (Å²) in [4.78, 5) is 10.9. The highest BCUT2D eigenvalue weighted by molar-refractivity contribution is 5.87. The lowest BCUT2D eigenvalue weighted by molar-refractivity contribution is 0.0697. The van der Waals surface area contributed by atoms with Gasteiger partial charge in [0.15, 0.2) is 0 Å². The van der Waals surface area contributed by atoms with Crippen molar-refractivity contribution in [2.24, 2.45) is 0 Å². The highest BCUT2D eigenvalue weighted by atomic mass is 16.5. The van der Waals surface area contributed by atoms with Crippen molar-refractivity contribution < 1.29 is 14.6 Å². The van der Waals surface area contributed by atoms with E-state index >= 15 is 0 Å². The van der Waals surface area contributed by atoms with Crippen LogP contribution in [0.3, 0.4) is 0 Å². The molecule has 2 N–H and O–H groups in total. The standard InChI is InChI=1S/C21H19NO3/c23-21(24)17-12-10-16(11-13-17)15-25-20-9-5-4-6-18(20)14-22-19-7-2-1-3-8-19/h1-13,22H,14-15H2,(H,23,24). The molecule has 4 nitrogen and oxygen atoms in total. The number of nitrogens with one attached hydrogen (secondary N) is 1. The SMILES string of the molecule is O=C(O)c1ccc(COc2ccccc2CNc2ccccc2)cc1. The topological polar surface area (TPSA) is 58.6 Å². The summed E-state index contributed by atoms with van der Waals surface area (Å²) in [5.74, 6) is -0.113. The van der Waals surface area contributed by atoms with Crippen LogP contribution < -0.4 is 10.1 Å². The van der Waals surface area contributed by atoms with E-state index < -0.39 is 5.97 Å². The molecule has 0 heterocycles. The van der Waals surface area contributed by atoms with Gasteiger partial charge in [0.05, 0.1) is 5.56 Å². The van der Waals surface area contributed by atoms with E-state index in [4.69, 9.17) is 9.84 Å². The van der Waals surface area contributed by atoms with Crippen LogP contribution in [0.4, 0.5) is 5.69 Å². The third-order valence-corrected chi connectivity index (χ3v) is 3.82. The van der Waals surface area contributed by atoms with Gasteiger partial charge in [-0.1, -0.05) is 48.5 Å². The number of rotatable bonds is 7. The lowest BCUT2D eigenvalue weighted by Gasteiger charge is -2.13. The van der Waals surface area contributed by atoms with Crippen LogP contribution in [0.25, 0.3) is 0 Å². The largest absolute Gasteiger partial charge is 0.489 e.